The predicted octanol–water partition coefficient (Wildman–Crippen LogP) is 0.362. The molecule has 0 aromatic heterocycles. The van der Waals surface area contributed by atoms with Crippen molar-refractivity contribution in [1.29, 1.82) is 0 Å². The van der Waals surface area contributed by atoms with Gasteiger partial charge in [-0.05, 0) is 19.7 Å². The summed E-state index contributed by atoms with van der Waals surface area (Å²) in [4.78, 5) is 29.3. The maximum absolute atomic E-state index is 12.7. The number of likely N-dealkylation sites (N-methyl/N-ethyl adjacent to an activating group) is 1. The molecule has 1 aromatic carbocycles. The number of carboxylic acids is 1. The molecule has 7 nitrogen and oxygen atoms in total. The van der Waals surface area contributed by atoms with Crippen molar-refractivity contribution in [2.75, 3.05) is 53.4 Å². The van der Waals surface area contributed by atoms with E-state index in [9.17, 15) is 9.59 Å². The van der Waals surface area contributed by atoms with Crippen LogP contribution in [0.1, 0.15) is 5.56 Å². The lowest BCUT2D eigenvalue weighted by Crippen LogP contribution is -2.52. The van der Waals surface area contributed by atoms with Crippen LogP contribution in [-0.2, 0) is 20.9 Å². The molecule has 2 rings (SSSR count). The van der Waals surface area contributed by atoms with Crippen molar-refractivity contribution in [3.8, 4) is 0 Å². The van der Waals surface area contributed by atoms with Gasteiger partial charge in [0, 0.05) is 32.7 Å². The monoisotopic (exact) mass is 349 g/mol. The zero-order valence-corrected chi connectivity index (χ0v) is 14.9. The van der Waals surface area contributed by atoms with Gasteiger partial charge in [-0.25, -0.2) is 0 Å². The third-order valence-corrected chi connectivity index (χ3v) is 4.13. The molecule has 1 aliphatic rings. The topological polar surface area (TPSA) is 73.3 Å². The lowest BCUT2D eigenvalue weighted by molar-refractivity contribution is -0.155. The fraction of sp³-hybridized carbons (Fsp3) is 0.556. The number of carbonyl (C=O) groups is 2. The smallest absolute Gasteiger partial charge is 0.323 e. The first-order chi connectivity index (χ1) is 12.0. The number of nitrogens with zero attached hydrogens (tertiary/aromatic N) is 3. The second-order valence-electron chi connectivity index (χ2n) is 6.54. The Hall–Kier alpha value is -1.96. The Morgan fingerprint density at radius 2 is 1.96 bits per heavy atom. The highest BCUT2D eigenvalue weighted by atomic mass is 16.5. The van der Waals surface area contributed by atoms with E-state index in [2.05, 4.69) is 17.0 Å². The molecule has 1 amide bonds. The van der Waals surface area contributed by atoms with Crippen molar-refractivity contribution in [3.05, 3.63) is 35.9 Å². The molecule has 0 radical (unpaired) electrons. The highest BCUT2D eigenvalue weighted by molar-refractivity contribution is 5.85. The minimum atomic E-state index is -1.01. The van der Waals surface area contributed by atoms with Gasteiger partial charge in [0.1, 0.15) is 12.6 Å². The third kappa shape index (κ3) is 6.45. The number of aliphatic carboxylic acids is 1. The molecule has 1 N–H and O–H groups in total. The van der Waals surface area contributed by atoms with Crippen LogP contribution in [0.5, 0.6) is 0 Å². The number of ether oxygens (including phenoxy) is 1. The summed E-state index contributed by atoms with van der Waals surface area (Å²) in [5, 5.41) is 9.08. The minimum Gasteiger partial charge on any atom is -0.480 e. The van der Waals surface area contributed by atoms with Gasteiger partial charge in [0.15, 0.2) is 0 Å². The molecule has 7 heteroatoms. The number of benzene rings is 1. The van der Waals surface area contributed by atoms with Gasteiger partial charge in [0.2, 0.25) is 0 Å². The number of hydrogen-bond acceptors (Lipinski definition) is 5. The largest absolute Gasteiger partial charge is 0.480 e. The molecule has 0 unspecified atom stereocenters. The van der Waals surface area contributed by atoms with Gasteiger partial charge in [0.05, 0.1) is 6.61 Å². The van der Waals surface area contributed by atoms with E-state index in [1.165, 1.54) is 10.5 Å². The molecular formula is C18H27N3O4. The number of carboxylic acid groups (broad SMARTS) is 1. The van der Waals surface area contributed by atoms with Gasteiger partial charge in [-0.3, -0.25) is 14.5 Å². The van der Waals surface area contributed by atoms with Crippen molar-refractivity contribution >= 4 is 11.9 Å². The summed E-state index contributed by atoms with van der Waals surface area (Å²) < 4.78 is 5.64. The van der Waals surface area contributed by atoms with Crippen LogP contribution in [0.3, 0.4) is 0 Å². The predicted molar refractivity (Wildman–Crippen MR) is 94.2 cm³/mol. The van der Waals surface area contributed by atoms with E-state index >= 15 is 0 Å². The summed E-state index contributed by atoms with van der Waals surface area (Å²) in [7, 11) is 3.78. The van der Waals surface area contributed by atoms with Crippen LogP contribution >= 0.6 is 0 Å². The Morgan fingerprint density at radius 3 is 2.60 bits per heavy atom. The molecule has 1 saturated heterocycles. The minimum absolute atomic E-state index is 0.248. The highest BCUT2D eigenvalue weighted by Crippen LogP contribution is 2.12. The van der Waals surface area contributed by atoms with Crippen molar-refractivity contribution in [2.45, 2.75) is 12.6 Å². The molecule has 0 spiro atoms. The molecule has 138 valence electrons. The maximum Gasteiger partial charge on any atom is 0.323 e. The van der Waals surface area contributed by atoms with Crippen LogP contribution in [0, 0.1) is 0 Å². The Bertz CT molecular complexity index is 565. The van der Waals surface area contributed by atoms with Gasteiger partial charge in [-0.15, -0.1) is 0 Å². The molecule has 0 bridgehead atoms. The van der Waals surface area contributed by atoms with E-state index in [0.717, 1.165) is 13.1 Å². The molecule has 1 atom stereocenters. The number of carbonyl (C=O) groups excluding carboxylic acids is 1. The number of rotatable bonds is 8. The number of hydrogen-bond donors (Lipinski definition) is 1. The van der Waals surface area contributed by atoms with E-state index in [4.69, 9.17) is 9.84 Å². The zero-order valence-electron chi connectivity index (χ0n) is 14.9. The summed E-state index contributed by atoms with van der Waals surface area (Å²) in [6, 6.07) is 10.1. The van der Waals surface area contributed by atoms with Gasteiger partial charge < -0.3 is 19.6 Å². The van der Waals surface area contributed by atoms with Gasteiger partial charge >= 0.3 is 5.97 Å². The second kappa shape index (κ2) is 9.50. The molecule has 1 heterocycles. The maximum atomic E-state index is 12.7. The Balaban J connectivity index is 1.96. The summed E-state index contributed by atoms with van der Waals surface area (Å²) >= 11 is 0. The number of amides is 1. The first-order valence-corrected chi connectivity index (χ1v) is 8.49. The van der Waals surface area contributed by atoms with E-state index in [1.54, 1.807) is 0 Å². The van der Waals surface area contributed by atoms with E-state index in [-0.39, 0.29) is 12.5 Å². The first kappa shape index (κ1) is 19.4. The molecule has 0 saturated carbocycles. The van der Waals surface area contributed by atoms with Crippen LogP contribution in [0.4, 0.5) is 0 Å². The van der Waals surface area contributed by atoms with Crippen LogP contribution < -0.4 is 0 Å². The van der Waals surface area contributed by atoms with Crippen LogP contribution in [-0.4, -0.2) is 91.2 Å². The summed E-state index contributed by atoms with van der Waals surface area (Å²) in [5.41, 5.74) is 1.19. The van der Waals surface area contributed by atoms with E-state index < -0.39 is 12.1 Å². The van der Waals surface area contributed by atoms with Crippen LogP contribution in [0.15, 0.2) is 30.3 Å². The summed E-state index contributed by atoms with van der Waals surface area (Å²) in [6.45, 7) is 3.14. The van der Waals surface area contributed by atoms with Crippen molar-refractivity contribution in [2.24, 2.45) is 0 Å². The van der Waals surface area contributed by atoms with E-state index in [1.807, 2.05) is 37.2 Å². The molecule has 1 fully saturated rings. The summed E-state index contributed by atoms with van der Waals surface area (Å²) in [6.07, 6.45) is -0.612. The lowest BCUT2D eigenvalue weighted by Gasteiger charge is -2.35. The Kier molecular flexibility index (Phi) is 7.36. The molecule has 1 aliphatic heterocycles. The second-order valence-corrected chi connectivity index (χ2v) is 6.54. The normalized spacial score (nSPS) is 18.3. The van der Waals surface area contributed by atoms with E-state index in [0.29, 0.717) is 26.2 Å². The molecule has 25 heavy (non-hydrogen) atoms. The Labute approximate surface area is 148 Å². The van der Waals surface area contributed by atoms with Crippen molar-refractivity contribution in [3.63, 3.8) is 0 Å². The van der Waals surface area contributed by atoms with Crippen LogP contribution in [0.2, 0.25) is 0 Å². The summed E-state index contributed by atoms with van der Waals surface area (Å²) in [5.74, 6) is -1.26. The lowest BCUT2D eigenvalue weighted by atomic mass is 10.1. The average Bonchev–Trinajstić information content (AvgIpc) is 2.58. The van der Waals surface area contributed by atoms with Crippen molar-refractivity contribution in [1.82, 2.24) is 14.7 Å². The zero-order chi connectivity index (χ0) is 18.2. The van der Waals surface area contributed by atoms with Gasteiger partial charge in [0.25, 0.3) is 5.91 Å². The fourth-order valence-electron chi connectivity index (χ4n) is 2.79. The SMILES string of the molecule is CN(C)CCN(CC(=O)O)C(=O)[C@H]1CN(Cc2ccccc2)CCO1. The van der Waals surface area contributed by atoms with Crippen LogP contribution in [0.25, 0.3) is 0 Å². The first-order valence-electron chi connectivity index (χ1n) is 8.49. The standard InChI is InChI=1S/C18H27N3O4/c1-19(2)8-9-21(14-17(22)23)18(24)16-13-20(10-11-25-16)12-15-6-4-3-5-7-15/h3-7,16H,8-14H2,1-2H3,(H,22,23)/t16-/m1/s1. The molecular weight excluding hydrogens is 322 g/mol. The molecule has 1 aromatic rings. The molecule has 0 aliphatic carbocycles. The van der Waals surface area contributed by atoms with Crippen molar-refractivity contribution < 1.29 is 19.4 Å². The average molecular weight is 349 g/mol. The quantitative estimate of drug-likeness (QED) is 0.731. The van der Waals surface area contributed by atoms with Gasteiger partial charge in [-0.2, -0.15) is 0 Å². The Morgan fingerprint density at radius 1 is 1.24 bits per heavy atom. The highest BCUT2D eigenvalue weighted by Gasteiger charge is 2.31. The van der Waals surface area contributed by atoms with Gasteiger partial charge in [-0.1, -0.05) is 30.3 Å². The number of morpholine rings is 1. The third-order valence-electron chi connectivity index (χ3n) is 4.13. The fourth-order valence-corrected chi connectivity index (χ4v) is 2.79.